The first-order chi connectivity index (χ1) is 6.40. The fraction of sp³-hybridized carbons (Fsp3) is 0.111. The summed E-state index contributed by atoms with van der Waals surface area (Å²) in [5, 5.41) is 1.10. The zero-order valence-corrected chi connectivity index (χ0v) is 7.54. The second kappa shape index (κ2) is 3.47. The summed E-state index contributed by atoms with van der Waals surface area (Å²) < 4.78 is 5.21. The Morgan fingerprint density at radius 1 is 1.54 bits per heavy atom. The third kappa shape index (κ3) is 1.64. The van der Waals surface area contributed by atoms with Gasteiger partial charge in [0.25, 0.3) is 0 Å². The van der Waals surface area contributed by atoms with Gasteiger partial charge in [-0.1, -0.05) is 6.07 Å². The molecule has 13 heavy (non-hydrogen) atoms. The van der Waals surface area contributed by atoms with E-state index in [1.54, 1.807) is 0 Å². The first-order valence-corrected chi connectivity index (χ1v) is 4.54. The van der Waals surface area contributed by atoms with Crippen LogP contribution in [-0.4, -0.2) is 10.5 Å². The Labute approximate surface area is 78.9 Å². The first kappa shape index (κ1) is 8.10. The van der Waals surface area contributed by atoms with Crippen molar-refractivity contribution in [3.8, 4) is 0 Å². The van der Waals surface area contributed by atoms with E-state index in [9.17, 15) is 4.79 Å². The van der Waals surface area contributed by atoms with Gasteiger partial charge in [-0.3, -0.25) is 0 Å². The number of hydrogen-bond donors (Lipinski definition) is 0. The van der Waals surface area contributed by atoms with Gasteiger partial charge in [0.2, 0.25) is 6.08 Å². The minimum absolute atomic E-state index is 0.398. The van der Waals surface area contributed by atoms with Crippen LogP contribution < -0.4 is 0 Å². The number of fused-ring (bicyclic) bond motifs is 1. The van der Waals surface area contributed by atoms with Gasteiger partial charge in [-0.2, -0.15) is 4.37 Å². The summed E-state index contributed by atoms with van der Waals surface area (Å²) in [7, 11) is 0. The smallest absolute Gasteiger partial charge is 0.211 e. The molecule has 0 aliphatic rings. The van der Waals surface area contributed by atoms with Crippen LogP contribution in [0.25, 0.3) is 10.1 Å². The monoisotopic (exact) mass is 190 g/mol. The number of benzene rings is 1. The van der Waals surface area contributed by atoms with Crippen LogP contribution in [0.5, 0.6) is 0 Å². The number of hydrogen-bond acceptors (Lipinski definition) is 4. The van der Waals surface area contributed by atoms with Crippen LogP contribution in [0, 0.1) is 0 Å². The fourth-order valence-corrected chi connectivity index (χ4v) is 1.77. The van der Waals surface area contributed by atoms with Crippen LogP contribution in [0.4, 0.5) is 0 Å². The Morgan fingerprint density at radius 3 is 3.31 bits per heavy atom. The molecule has 0 aliphatic heterocycles. The molecule has 0 spiro atoms. The minimum atomic E-state index is 0.398. The van der Waals surface area contributed by atoms with Crippen LogP contribution in [0.2, 0.25) is 0 Å². The molecular weight excluding hydrogens is 184 g/mol. The number of aromatic nitrogens is 1. The lowest BCUT2D eigenvalue weighted by Crippen LogP contribution is -1.78. The van der Waals surface area contributed by atoms with Gasteiger partial charge in [-0.05, 0) is 29.2 Å². The molecule has 3 nitrogen and oxygen atoms in total. The molecule has 0 fully saturated rings. The summed E-state index contributed by atoms with van der Waals surface area (Å²) in [6.45, 7) is 0.398. The largest absolute Gasteiger partial charge is 0.235 e. The summed E-state index contributed by atoms with van der Waals surface area (Å²) >= 11 is 1.46. The average Bonchev–Trinajstić information content (AvgIpc) is 2.61. The molecule has 0 aliphatic carbocycles. The van der Waals surface area contributed by atoms with Gasteiger partial charge >= 0.3 is 0 Å². The van der Waals surface area contributed by atoms with Gasteiger partial charge in [0.15, 0.2) is 0 Å². The van der Waals surface area contributed by atoms with Gasteiger partial charge in [0.1, 0.15) is 0 Å². The minimum Gasteiger partial charge on any atom is -0.211 e. The molecule has 0 saturated heterocycles. The van der Waals surface area contributed by atoms with Gasteiger partial charge in [0, 0.05) is 11.6 Å². The standard InChI is InChI=1S/C9H6N2OS/c12-6-10-4-7-1-2-9-8(3-7)5-11-13-9/h1-3,5H,4H2. The molecule has 1 aromatic heterocycles. The van der Waals surface area contributed by atoms with Gasteiger partial charge in [0.05, 0.1) is 11.2 Å². The molecule has 0 unspecified atom stereocenters. The molecule has 4 heteroatoms. The van der Waals surface area contributed by atoms with E-state index < -0.39 is 0 Å². The van der Waals surface area contributed by atoms with Crippen molar-refractivity contribution in [2.45, 2.75) is 6.54 Å². The Balaban J connectivity index is 2.42. The lowest BCUT2D eigenvalue weighted by atomic mass is 10.2. The van der Waals surface area contributed by atoms with Gasteiger partial charge < -0.3 is 0 Å². The summed E-state index contributed by atoms with van der Waals surface area (Å²) in [5.74, 6) is 0. The number of carbonyl (C=O) groups excluding carboxylic acids is 1. The van der Waals surface area contributed by atoms with E-state index in [0.717, 1.165) is 15.6 Å². The van der Waals surface area contributed by atoms with E-state index in [2.05, 4.69) is 9.37 Å². The molecule has 1 aromatic carbocycles. The predicted octanol–water partition coefficient (Wildman–Crippen LogP) is 2.13. The molecule has 0 atom stereocenters. The zero-order valence-electron chi connectivity index (χ0n) is 6.73. The highest BCUT2D eigenvalue weighted by Gasteiger charge is 1.97. The molecule has 0 radical (unpaired) electrons. The van der Waals surface area contributed by atoms with Crippen LogP contribution in [0.3, 0.4) is 0 Å². The third-order valence-corrected chi connectivity index (χ3v) is 2.52. The van der Waals surface area contributed by atoms with E-state index in [4.69, 9.17) is 0 Å². The molecule has 1 heterocycles. The summed E-state index contributed by atoms with van der Waals surface area (Å²) in [5.41, 5.74) is 1.01. The topological polar surface area (TPSA) is 42.3 Å². The Morgan fingerprint density at radius 2 is 2.46 bits per heavy atom. The molecule has 2 aromatic rings. The molecular formula is C9H6N2OS. The quantitative estimate of drug-likeness (QED) is 0.537. The van der Waals surface area contributed by atoms with Crippen molar-refractivity contribution >= 4 is 27.7 Å². The molecule has 2 rings (SSSR count). The van der Waals surface area contributed by atoms with Crippen molar-refractivity contribution in [2.24, 2.45) is 4.99 Å². The van der Waals surface area contributed by atoms with Crippen molar-refractivity contribution < 1.29 is 4.79 Å². The van der Waals surface area contributed by atoms with Crippen LogP contribution in [0.15, 0.2) is 29.4 Å². The van der Waals surface area contributed by atoms with E-state index in [1.807, 2.05) is 24.4 Å². The number of rotatable bonds is 2. The Hall–Kier alpha value is -1.51. The highest BCUT2D eigenvalue weighted by molar-refractivity contribution is 7.13. The van der Waals surface area contributed by atoms with Crippen molar-refractivity contribution in [2.75, 3.05) is 0 Å². The molecule has 0 saturated carbocycles. The second-order valence-corrected chi connectivity index (χ2v) is 3.44. The van der Waals surface area contributed by atoms with E-state index in [-0.39, 0.29) is 0 Å². The van der Waals surface area contributed by atoms with E-state index in [1.165, 1.54) is 17.6 Å². The van der Waals surface area contributed by atoms with E-state index >= 15 is 0 Å². The maximum Gasteiger partial charge on any atom is 0.235 e. The molecule has 0 N–H and O–H groups in total. The maximum atomic E-state index is 9.89. The molecule has 0 amide bonds. The summed E-state index contributed by atoms with van der Waals surface area (Å²) in [4.78, 5) is 13.4. The molecule has 0 bridgehead atoms. The van der Waals surface area contributed by atoms with Crippen LogP contribution >= 0.6 is 11.5 Å². The number of isocyanates is 1. The maximum absolute atomic E-state index is 9.89. The van der Waals surface area contributed by atoms with Gasteiger partial charge in [-0.25, -0.2) is 9.79 Å². The Kier molecular flexibility index (Phi) is 2.17. The normalized spacial score (nSPS) is 9.85. The summed E-state index contributed by atoms with van der Waals surface area (Å²) in [6.07, 6.45) is 3.33. The van der Waals surface area contributed by atoms with Crippen LogP contribution in [-0.2, 0) is 11.3 Å². The highest BCUT2D eigenvalue weighted by Crippen LogP contribution is 2.19. The van der Waals surface area contributed by atoms with Crippen molar-refractivity contribution in [3.05, 3.63) is 30.0 Å². The first-order valence-electron chi connectivity index (χ1n) is 3.77. The predicted molar refractivity (Wildman–Crippen MR) is 51.4 cm³/mol. The second-order valence-electron chi connectivity index (χ2n) is 2.61. The van der Waals surface area contributed by atoms with Crippen molar-refractivity contribution in [1.82, 2.24) is 4.37 Å². The lowest BCUT2D eigenvalue weighted by molar-refractivity contribution is 0.563. The average molecular weight is 190 g/mol. The molecule has 64 valence electrons. The number of aliphatic imine (C=N–C) groups is 1. The lowest BCUT2D eigenvalue weighted by Gasteiger charge is -1.93. The zero-order chi connectivity index (χ0) is 9.10. The highest BCUT2D eigenvalue weighted by atomic mass is 32.1. The third-order valence-electron chi connectivity index (χ3n) is 1.74. The van der Waals surface area contributed by atoms with Crippen molar-refractivity contribution in [3.63, 3.8) is 0 Å². The van der Waals surface area contributed by atoms with Gasteiger partial charge in [-0.15, -0.1) is 0 Å². The van der Waals surface area contributed by atoms with E-state index in [0.29, 0.717) is 6.54 Å². The SMILES string of the molecule is O=C=NCc1ccc2sncc2c1. The number of nitrogens with zero attached hydrogens (tertiary/aromatic N) is 2. The van der Waals surface area contributed by atoms with Crippen molar-refractivity contribution in [1.29, 1.82) is 0 Å². The van der Waals surface area contributed by atoms with Crippen LogP contribution in [0.1, 0.15) is 5.56 Å². The Bertz CT molecular complexity index is 471. The summed E-state index contributed by atoms with van der Waals surface area (Å²) in [6, 6.07) is 5.92. The fourth-order valence-electron chi connectivity index (χ4n) is 1.14.